The molecule has 0 fully saturated rings. The monoisotopic (exact) mass is 326 g/mol. The normalized spacial score (nSPS) is 10.6. The summed E-state index contributed by atoms with van der Waals surface area (Å²) in [6, 6.07) is 7.86. The largest absolute Gasteiger partial charge is 0.339 e. The number of carbonyl (C=O) groups is 1. The first kappa shape index (κ1) is 15.8. The van der Waals surface area contributed by atoms with Gasteiger partial charge in [0.25, 0.3) is 0 Å². The Morgan fingerprint density at radius 2 is 2.21 bits per heavy atom. The van der Waals surface area contributed by atoms with Crippen molar-refractivity contribution in [1.29, 1.82) is 0 Å². The summed E-state index contributed by atoms with van der Waals surface area (Å²) in [5.41, 5.74) is 2.00. The number of aryl methyl sites for hydroxylation is 2. The van der Waals surface area contributed by atoms with Crippen molar-refractivity contribution in [3.8, 4) is 11.4 Å². The van der Waals surface area contributed by atoms with E-state index >= 15 is 0 Å². The predicted octanol–water partition coefficient (Wildman–Crippen LogP) is 3.15. The Labute approximate surface area is 137 Å². The molecule has 0 bridgehead atoms. The van der Waals surface area contributed by atoms with E-state index in [1.165, 1.54) is 12.1 Å². The van der Waals surface area contributed by atoms with E-state index in [1.807, 2.05) is 6.07 Å². The Kier molecular flexibility index (Phi) is 4.60. The maximum absolute atomic E-state index is 13.2. The van der Waals surface area contributed by atoms with Crippen LogP contribution in [0.25, 0.3) is 11.4 Å². The van der Waals surface area contributed by atoms with Crippen LogP contribution in [0.4, 0.5) is 10.1 Å². The molecular weight excluding hydrogens is 311 g/mol. The van der Waals surface area contributed by atoms with Crippen molar-refractivity contribution in [3.05, 3.63) is 60.0 Å². The van der Waals surface area contributed by atoms with Crippen LogP contribution in [0.5, 0.6) is 0 Å². The van der Waals surface area contributed by atoms with Gasteiger partial charge in [0, 0.05) is 36.5 Å². The highest BCUT2D eigenvalue weighted by Gasteiger charge is 2.11. The number of anilines is 1. The SMILES string of the molecule is Cc1ccc(F)cc1NC(=O)CCc1nc(-c2cccnc2)no1. The number of nitrogens with one attached hydrogen (secondary N) is 1. The van der Waals surface area contributed by atoms with Crippen LogP contribution in [0.3, 0.4) is 0 Å². The highest BCUT2D eigenvalue weighted by Crippen LogP contribution is 2.17. The molecule has 2 aromatic heterocycles. The smallest absolute Gasteiger partial charge is 0.227 e. The van der Waals surface area contributed by atoms with E-state index < -0.39 is 5.82 Å². The minimum absolute atomic E-state index is 0.157. The van der Waals surface area contributed by atoms with Crippen LogP contribution in [-0.2, 0) is 11.2 Å². The standard InChI is InChI=1S/C17H15FN4O2/c1-11-4-5-13(18)9-14(11)20-15(23)6-7-16-21-17(22-24-16)12-3-2-8-19-10-12/h2-5,8-10H,6-7H2,1H3,(H,20,23). The lowest BCUT2D eigenvalue weighted by molar-refractivity contribution is -0.116. The summed E-state index contributed by atoms with van der Waals surface area (Å²) >= 11 is 0. The fraction of sp³-hybridized carbons (Fsp3) is 0.176. The van der Waals surface area contributed by atoms with Crippen LogP contribution in [0, 0.1) is 12.7 Å². The van der Waals surface area contributed by atoms with Crippen LogP contribution in [0.15, 0.2) is 47.2 Å². The van der Waals surface area contributed by atoms with Crippen molar-refractivity contribution in [3.63, 3.8) is 0 Å². The predicted molar refractivity (Wildman–Crippen MR) is 85.6 cm³/mol. The van der Waals surface area contributed by atoms with Gasteiger partial charge in [-0.15, -0.1) is 0 Å². The van der Waals surface area contributed by atoms with Gasteiger partial charge >= 0.3 is 0 Å². The highest BCUT2D eigenvalue weighted by atomic mass is 19.1. The molecule has 0 radical (unpaired) electrons. The number of amides is 1. The van der Waals surface area contributed by atoms with Gasteiger partial charge in [0.05, 0.1) is 0 Å². The van der Waals surface area contributed by atoms with Crippen LogP contribution < -0.4 is 5.32 Å². The molecule has 0 aliphatic rings. The zero-order valence-corrected chi connectivity index (χ0v) is 13.0. The third-order valence-corrected chi connectivity index (χ3v) is 3.43. The molecule has 3 aromatic rings. The molecule has 0 atom stereocenters. The van der Waals surface area contributed by atoms with Crippen LogP contribution in [-0.4, -0.2) is 21.0 Å². The second kappa shape index (κ2) is 6.99. The Balaban J connectivity index is 1.59. The maximum atomic E-state index is 13.2. The number of pyridine rings is 1. The number of nitrogens with zero attached hydrogens (tertiary/aromatic N) is 3. The van der Waals surface area contributed by atoms with E-state index in [0.29, 0.717) is 23.8 Å². The van der Waals surface area contributed by atoms with Crippen molar-refractivity contribution in [1.82, 2.24) is 15.1 Å². The molecule has 7 heteroatoms. The van der Waals surface area contributed by atoms with Gasteiger partial charge in [0.2, 0.25) is 17.6 Å². The Morgan fingerprint density at radius 3 is 3.00 bits per heavy atom. The molecule has 1 amide bonds. The van der Waals surface area contributed by atoms with E-state index in [-0.39, 0.29) is 12.3 Å². The van der Waals surface area contributed by atoms with Crippen molar-refractivity contribution < 1.29 is 13.7 Å². The summed E-state index contributed by atoms with van der Waals surface area (Å²) in [4.78, 5) is 20.2. The Morgan fingerprint density at radius 1 is 1.33 bits per heavy atom. The first-order chi connectivity index (χ1) is 11.6. The lowest BCUT2D eigenvalue weighted by Crippen LogP contribution is -2.13. The number of halogens is 1. The molecule has 24 heavy (non-hydrogen) atoms. The molecule has 0 saturated carbocycles. The summed E-state index contributed by atoms with van der Waals surface area (Å²) in [5, 5.41) is 6.55. The second-order valence-corrected chi connectivity index (χ2v) is 5.26. The second-order valence-electron chi connectivity index (χ2n) is 5.26. The van der Waals surface area contributed by atoms with Gasteiger partial charge in [0.15, 0.2) is 0 Å². The molecule has 6 nitrogen and oxygen atoms in total. The first-order valence-electron chi connectivity index (χ1n) is 7.41. The van der Waals surface area contributed by atoms with Crippen molar-refractivity contribution in [2.24, 2.45) is 0 Å². The van der Waals surface area contributed by atoms with Gasteiger partial charge in [0.1, 0.15) is 5.82 Å². The number of hydrogen-bond donors (Lipinski definition) is 1. The summed E-state index contributed by atoms with van der Waals surface area (Å²) in [5.74, 6) is 0.151. The van der Waals surface area contributed by atoms with Crippen LogP contribution in [0.1, 0.15) is 17.9 Å². The zero-order valence-electron chi connectivity index (χ0n) is 13.0. The van der Waals surface area contributed by atoms with Gasteiger partial charge in [-0.05, 0) is 36.8 Å². The van der Waals surface area contributed by atoms with Crippen molar-refractivity contribution >= 4 is 11.6 Å². The maximum Gasteiger partial charge on any atom is 0.227 e. The van der Waals surface area contributed by atoms with Gasteiger partial charge in [-0.3, -0.25) is 9.78 Å². The molecule has 0 saturated heterocycles. The average Bonchev–Trinajstić information content (AvgIpc) is 3.06. The lowest BCUT2D eigenvalue weighted by atomic mass is 10.2. The molecular formula is C17H15FN4O2. The average molecular weight is 326 g/mol. The third kappa shape index (κ3) is 3.81. The first-order valence-corrected chi connectivity index (χ1v) is 7.41. The number of rotatable bonds is 5. The number of carbonyl (C=O) groups excluding carboxylic acids is 1. The van der Waals surface area contributed by atoms with Crippen LogP contribution >= 0.6 is 0 Å². The van der Waals surface area contributed by atoms with E-state index in [1.54, 1.807) is 31.5 Å². The summed E-state index contributed by atoms with van der Waals surface area (Å²) in [7, 11) is 0. The zero-order chi connectivity index (χ0) is 16.9. The van der Waals surface area contributed by atoms with Gasteiger partial charge < -0.3 is 9.84 Å². The minimum atomic E-state index is -0.395. The number of hydrogen-bond acceptors (Lipinski definition) is 5. The van der Waals surface area contributed by atoms with E-state index in [2.05, 4.69) is 20.4 Å². The Bertz CT molecular complexity index is 849. The molecule has 1 aromatic carbocycles. The number of benzene rings is 1. The summed E-state index contributed by atoms with van der Waals surface area (Å²) in [6.07, 6.45) is 3.75. The molecule has 0 aliphatic heterocycles. The van der Waals surface area contributed by atoms with E-state index in [9.17, 15) is 9.18 Å². The molecule has 122 valence electrons. The number of aromatic nitrogens is 3. The van der Waals surface area contributed by atoms with Gasteiger partial charge in [-0.2, -0.15) is 4.98 Å². The lowest BCUT2D eigenvalue weighted by Gasteiger charge is -2.07. The minimum Gasteiger partial charge on any atom is -0.339 e. The van der Waals surface area contributed by atoms with Gasteiger partial charge in [-0.1, -0.05) is 11.2 Å². The molecule has 0 spiro atoms. The molecule has 0 aliphatic carbocycles. The van der Waals surface area contributed by atoms with Crippen molar-refractivity contribution in [2.75, 3.05) is 5.32 Å². The molecule has 2 heterocycles. The molecule has 3 rings (SSSR count). The fourth-order valence-electron chi connectivity index (χ4n) is 2.13. The summed E-state index contributed by atoms with van der Waals surface area (Å²) in [6.45, 7) is 1.80. The van der Waals surface area contributed by atoms with Crippen LogP contribution in [0.2, 0.25) is 0 Å². The molecule has 0 unspecified atom stereocenters. The van der Waals surface area contributed by atoms with E-state index in [4.69, 9.17) is 4.52 Å². The van der Waals surface area contributed by atoms with E-state index in [0.717, 1.165) is 11.1 Å². The quantitative estimate of drug-likeness (QED) is 0.779. The Hall–Kier alpha value is -3.09. The van der Waals surface area contributed by atoms with Crippen molar-refractivity contribution in [2.45, 2.75) is 19.8 Å². The fourth-order valence-corrected chi connectivity index (χ4v) is 2.13. The highest BCUT2D eigenvalue weighted by molar-refractivity contribution is 5.91. The third-order valence-electron chi connectivity index (χ3n) is 3.43. The molecule has 1 N–H and O–H groups in total. The summed E-state index contributed by atoms with van der Waals surface area (Å²) < 4.78 is 18.4. The topological polar surface area (TPSA) is 80.9 Å². The van der Waals surface area contributed by atoms with Gasteiger partial charge in [-0.25, -0.2) is 4.39 Å².